The van der Waals surface area contributed by atoms with E-state index in [1.54, 1.807) is 0 Å². The van der Waals surface area contributed by atoms with Gasteiger partial charge in [0.25, 0.3) is 0 Å². The molecule has 43 heavy (non-hydrogen) atoms. The lowest BCUT2D eigenvalue weighted by molar-refractivity contribution is -0.929. The molecule has 0 aromatic heterocycles. The Kier molecular flexibility index (Phi) is 34.7. The molecule has 0 saturated heterocycles. The number of carboxylic acids is 2. The highest BCUT2D eigenvalue weighted by Crippen LogP contribution is 2.17. The normalized spacial score (nSPS) is 12.1. The molecule has 0 fully saturated rings. The molecule has 1 unspecified atom stereocenters. The van der Waals surface area contributed by atoms with Gasteiger partial charge in [-0.15, -0.1) is 0 Å². The van der Waals surface area contributed by atoms with Crippen LogP contribution in [0.15, 0.2) is 0 Å². The number of rotatable bonds is 27. The molecule has 0 bridgehead atoms. The van der Waals surface area contributed by atoms with Gasteiger partial charge in [-0.05, 0) is 57.8 Å². The van der Waals surface area contributed by atoms with Gasteiger partial charge in [-0.25, -0.2) is 0 Å². The maximum absolute atomic E-state index is 9.83. The summed E-state index contributed by atoms with van der Waals surface area (Å²) in [5, 5.41) is 19.5. The Labute approximate surface area is 270 Å². The topological polar surface area (TPSA) is 80.3 Å². The van der Waals surface area contributed by atoms with Gasteiger partial charge in [-0.3, -0.25) is 0 Å². The third-order valence-corrected chi connectivity index (χ3v) is 8.76. The number of hydrogen-bond donors (Lipinski definition) is 0. The van der Waals surface area contributed by atoms with Crippen molar-refractivity contribution in [3.05, 3.63) is 0 Å². The van der Waals surface area contributed by atoms with E-state index < -0.39 is 24.3 Å². The molecule has 6 nitrogen and oxygen atoms in total. The van der Waals surface area contributed by atoms with Crippen LogP contribution in [-0.4, -0.2) is 73.3 Å². The molecule has 0 saturated carbocycles. The summed E-state index contributed by atoms with van der Waals surface area (Å²) in [4.78, 5) is 19.5. The zero-order chi connectivity index (χ0) is 33.4. The summed E-state index contributed by atoms with van der Waals surface area (Å²) in [6, 6.07) is 0. The Morgan fingerprint density at radius 2 is 0.628 bits per heavy atom. The van der Waals surface area contributed by atoms with Gasteiger partial charge in [-0.2, -0.15) is 0 Å². The summed E-state index contributed by atoms with van der Waals surface area (Å²) >= 11 is 0. The van der Waals surface area contributed by atoms with Crippen LogP contribution in [0.25, 0.3) is 0 Å². The molecule has 0 spiro atoms. The van der Waals surface area contributed by atoms with Crippen LogP contribution < -0.4 is 10.2 Å². The first-order valence-electron chi connectivity index (χ1n) is 18.6. The van der Waals surface area contributed by atoms with Crippen LogP contribution in [0, 0.1) is 5.92 Å². The Hall–Kier alpha value is -1.14. The molecule has 0 aromatic carbocycles. The van der Waals surface area contributed by atoms with Gasteiger partial charge in [0.15, 0.2) is 0 Å². The highest BCUT2D eigenvalue weighted by Gasteiger charge is 2.25. The van der Waals surface area contributed by atoms with Crippen molar-refractivity contribution < 1.29 is 28.8 Å². The lowest BCUT2D eigenvalue weighted by Crippen LogP contribution is -2.50. The molecule has 0 amide bonds. The minimum atomic E-state index is -1.37. The molecular weight excluding hydrogens is 536 g/mol. The first kappa shape index (κ1) is 46.3. The fourth-order valence-electron chi connectivity index (χ4n) is 5.62. The maximum atomic E-state index is 9.83. The zero-order valence-corrected chi connectivity index (χ0v) is 30.8. The van der Waals surface area contributed by atoms with Crippen LogP contribution in [0.5, 0.6) is 0 Å². The number of quaternary nitrogens is 2. The number of carboxylic acid groups (broad SMARTS) is 2. The number of aliphatic carboxylic acids is 2. The summed E-state index contributed by atoms with van der Waals surface area (Å²) < 4.78 is 2.84. The van der Waals surface area contributed by atoms with Crippen molar-refractivity contribution in [2.45, 2.75) is 171 Å². The Morgan fingerprint density at radius 3 is 0.721 bits per heavy atom. The molecule has 0 aliphatic rings. The van der Waals surface area contributed by atoms with E-state index in [0.29, 0.717) is 0 Å². The van der Waals surface area contributed by atoms with Crippen molar-refractivity contribution in [2.24, 2.45) is 5.92 Å². The van der Waals surface area contributed by atoms with Gasteiger partial charge in [-0.1, -0.05) is 114 Å². The van der Waals surface area contributed by atoms with Gasteiger partial charge < -0.3 is 28.8 Å². The molecular formula is C37H78N2O4. The van der Waals surface area contributed by atoms with Crippen molar-refractivity contribution in [1.29, 1.82) is 0 Å². The lowest BCUT2D eigenvalue weighted by atomic mass is 10.1. The predicted molar refractivity (Wildman–Crippen MR) is 183 cm³/mol. The van der Waals surface area contributed by atoms with E-state index in [4.69, 9.17) is 0 Å². The number of nitrogens with zero attached hydrogens (tertiary/aromatic N) is 2. The van der Waals surface area contributed by atoms with Crippen LogP contribution in [-0.2, 0) is 9.59 Å². The zero-order valence-electron chi connectivity index (χ0n) is 30.8. The van der Waals surface area contributed by atoms with Gasteiger partial charge in [0.1, 0.15) is 0 Å². The van der Waals surface area contributed by atoms with Gasteiger partial charge in [0, 0.05) is 17.9 Å². The first-order chi connectivity index (χ1) is 20.5. The molecule has 6 heteroatoms. The van der Waals surface area contributed by atoms with Crippen molar-refractivity contribution in [3.63, 3.8) is 0 Å². The molecule has 0 rings (SSSR count). The highest BCUT2D eigenvalue weighted by atomic mass is 16.4. The van der Waals surface area contributed by atoms with Crippen molar-refractivity contribution in [2.75, 3.05) is 52.4 Å². The van der Waals surface area contributed by atoms with E-state index >= 15 is 0 Å². The largest absolute Gasteiger partial charge is 0.550 e. The molecule has 0 N–H and O–H groups in total. The molecule has 1 atom stereocenters. The Morgan fingerprint density at radius 1 is 0.442 bits per heavy atom. The average Bonchev–Trinajstić information content (AvgIpc) is 3.00. The summed E-state index contributed by atoms with van der Waals surface area (Å²) in [6.07, 6.45) is 21.6. The summed E-state index contributed by atoms with van der Waals surface area (Å²) in [5.74, 6) is -3.69. The lowest BCUT2D eigenvalue weighted by Gasteiger charge is -2.39. The monoisotopic (exact) mass is 615 g/mol. The molecule has 0 aromatic rings. The summed E-state index contributed by atoms with van der Waals surface area (Å²) in [6.45, 7) is 31.3. The van der Waals surface area contributed by atoms with E-state index in [9.17, 15) is 19.8 Å². The quantitative estimate of drug-likeness (QED) is 0.0897. The van der Waals surface area contributed by atoms with Gasteiger partial charge in [0.05, 0.1) is 52.4 Å². The van der Waals surface area contributed by atoms with Gasteiger partial charge >= 0.3 is 0 Å². The fourth-order valence-corrected chi connectivity index (χ4v) is 5.62. The summed E-state index contributed by atoms with van der Waals surface area (Å²) in [7, 11) is 0. The van der Waals surface area contributed by atoms with E-state index in [0.717, 1.165) is 0 Å². The molecule has 260 valence electrons. The Balaban J connectivity index is -0.000000586. The van der Waals surface area contributed by atoms with Crippen LogP contribution in [0.1, 0.15) is 171 Å². The molecule has 0 aliphatic carbocycles. The SMILES string of the molecule is CC(CC(=O)[O-])C(=O)[O-].CCCC[N+](CCCC)(CCCC)CCCC.CCCC[N+](CCCC)(CCCC)CCCC. The van der Waals surface area contributed by atoms with E-state index in [1.165, 1.54) is 171 Å². The second-order valence-electron chi connectivity index (χ2n) is 13.1. The third kappa shape index (κ3) is 28.1. The molecule has 0 heterocycles. The van der Waals surface area contributed by atoms with Gasteiger partial charge in [0.2, 0.25) is 0 Å². The van der Waals surface area contributed by atoms with Crippen LogP contribution in [0.3, 0.4) is 0 Å². The average molecular weight is 615 g/mol. The number of carbonyl (C=O) groups is 2. The van der Waals surface area contributed by atoms with E-state index in [2.05, 4.69) is 55.4 Å². The van der Waals surface area contributed by atoms with Crippen molar-refractivity contribution >= 4 is 11.9 Å². The van der Waals surface area contributed by atoms with E-state index in [1.807, 2.05) is 0 Å². The number of hydrogen-bond acceptors (Lipinski definition) is 4. The molecule has 0 aliphatic heterocycles. The first-order valence-corrected chi connectivity index (χ1v) is 18.6. The molecule has 0 radical (unpaired) electrons. The number of carbonyl (C=O) groups excluding carboxylic acids is 2. The minimum Gasteiger partial charge on any atom is -0.550 e. The van der Waals surface area contributed by atoms with Crippen LogP contribution in [0.4, 0.5) is 0 Å². The summed E-state index contributed by atoms with van der Waals surface area (Å²) in [5.41, 5.74) is 0. The standard InChI is InChI=1S/2C16H36N.C5H8O4/c2*1-5-9-13-17(14-10-6-2,15-11-7-3)16-12-8-4;1-3(5(8)9)2-4(6)7/h2*5-16H2,1-4H3;3H,2H2,1H3,(H,6,7)(H,8,9)/q2*+1;/p-2. The van der Waals surface area contributed by atoms with Crippen molar-refractivity contribution in [3.8, 4) is 0 Å². The smallest absolute Gasteiger partial charge is 0.0786 e. The predicted octanol–water partition coefficient (Wildman–Crippen LogP) is 7.52. The third-order valence-electron chi connectivity index (χ3n) is 8.76. The Bertz CT molecular complexity index is 500. The highest BCUT2D eigenvalue weighted by molar-refractivity contribution is 5.74. The van der Waals surface area contributed by atoms with E-state index in [-0.39, 0.29) is 0 Å². The second kappa shape index (κ2) is 32.3. The van der Waals surface area contributed by atoms with Crippen LogP contribution in [0.2, 0.25) is 0 Å². The minimum absolute atomic E-state index is 0.484. The number of unbranched alkanes of at least 4 members (excludes halogenated alkanes) is 8. The van der Waals surface area contributed by atoms with Crippen LogP contribution >= 0.6 is 0 Å². The maximum Gasteiger partial charge on any atom is 0.0786 e. The fraction of sp³-hybridized carbons (Fsp3) is 0.946. The van der Waals surface area contributed by atoms with Crippen molar-refractivity contribution in [1.82, 2.24) is 0 Å². The second-order valence-corrected chi connectivity index (χ2v) is 13.1.